The average Bonchev–Trinajstić information content (AvgIpc) is 2.56. The van der Waals surface area contributed by atoms with E-state index in [0.29, 0.717) is 22.8 Å². The SMILES string of the molecule is Nc1ccc(C(=O)Nc2cccc(Nc3ccnc(N)c3)c2)cc1. The number of nitrogens with two attached hydrogens (primary N) is 2. The zero-order chi connectivity index (χ0) is 16.9. The molecule has 0 aliphatic rings. The Morgan fingerprint density at radius 2 is 1.58 bits per heavy atom. The topological polar surface area (TPSA) is 106 Å². The molecule has 24 heavy (non-hydrogen) atoms. The molecule has 0 radical (unpaired) electrons. The van der Waals surface area contributed by atoms with Crippen LogP contribution in [0.2, 0.25) is 0 Å². The number of hydrogen-bond acceptors (Lipinski definition) is 5. The van der Waals surface area contributed by atoms with E-state index < -0.39 is 0 Å². The van der Waals surface area contributed by atoms with Crippen molar-refractivity contribution in [3.8, 4) is 0 Å². The lowest BCUT2D eigenvalue weighted by atomic mass is 10.2. The molecule has 1 amide bonds. The van der Waals surface area contributed by atoms with Crippen LogP contribution >= 0.6 is 0 Å². The molecule has 2 aromatic carbocycles. The van der Waals surface area contributed by atoms with Crippen molar-refractivity contribution in [1.29, 1.82) is 0 Å². The Balaban J connectivity index is 1.73. The number of pyridine rings is 1. The number of amides is 1. The minimum absolute atomic E-state index is 0.194. The molecule has 6 heteroatoms. The fourth-order valence-corrected chi connectivity index (χ4v) is 2.21. The van der Waals surface area contributed by atoms with Crippen LogP contribution in [0.5, 0.6) is 0 Å². The highest BCUT2D eigenvalue weighted by molar-refractivity contribution is 6.04. The summed E-state index contributed by atoms with van der Waals surface area (Å²) in [6, 6.07) is 17.7. The van der Waals surface area contributed by atoms with Crippen molar-refractivity contribution in [1.82, 2.24) is 4.98 Å². The summed E-state index contributed by atoms with van der Waals surface area (Å²) in [6.45, 7) is 0. The van der Waals surface area contributed by atoms with Crippen molar-refractivity contribution in [2.75, 3.05) is 22.1 Å². The molecule has 3 aromatic rings. The van der Waals surface area contributed by atoms with Gasteiger partial charge in [-0.25, -0.2) is 4.98 Å². The standard InChI is InChI=1S/C18H17N5O/c19-13-6-4-12(5-7-13)18(24)23-15-3-1-2-14(10-15)22-16-8-9-21-17(20)11-16/h1-11H,19H2,(H,23,24)(H3,20,21,22). The molecule has 0 unspecified atom stereocenters. The van der Waals surface area contributed by atoms with Crippen LogP contribution in [-0.2, 0) is 0 Å². The van der Waals surface area contributed by atoms with Gasteiger partial charge in [-0.2, -0.15) is 0 Å². The van der Waals surface area contributed by atoms with E-state index in [9.17, 15) is 4.79 Å². The van der Waals surface area contributed by atoms with Crippen molar-refractivity contribution in [3.05, 3.63) is 72.4 Å². The maximum atomic E-state index is 12.2. The smallest absolute Gasteiger partial charge is 0.255 e. The Kier molecular flexibility index (Phi) is 4.29. The fourth-order valence-electron chi connectivity index (χ4n) is 2.21. The van der Waals surface area contributed by atoms with E-state index in [4.69, 9.17) is 11.5 Å². The molecule has 0 saturated carbocycles. The Labute approximate surface area is 139 Å². The lowest BCUT2D eigenvalue weighted by Crippen LogP contribution is -2.11. The highest BCUT2D eigenvalue weighted by Crippen LogP contribution is 2.21. The molecule has 0 fully saturated rings. The largest absolute Gasteiger partial charge is 0.399 e. The monoisotopic (exact) mass is 319 g/mol. The van der Waals surface area contributed by atoms with E-state index in [-0.39, 0.29) is 5.91 Å². The Morgan fingerprint density at radius 1 is 0.875 bits per heavy atom. The van der Waals surface area contributed by atoms with Crippen molar-refractivity contribution < 1.29 is 4.79 Å². The lowest BCUT2D eigenvalue weighted by molar-refractivity contribution is 0.102. The third kappa shape index (κ3) is 3.80. The van der Waals surface area contributed by atoms with Gasteiger partial charge in [0.05, 0.1) is 0 Å². The van der Waals surface area contributed by atoms with Crippen LogP contribution in [0.3, 0.4) is 0 Å². The first-order valence-electron chi connectivity index (χ1n) is 7.36. The summed E-state index contributed by atoms with van der Waals surface area (Å²) in [5.41, 5.74) is 14.8. The molecule has 6 N–H and O–H groups in total. The Morgan fingerprint density at radius 3 is 2.33 bits per heavy atom. The molecular weight excluding hydrogens is 302 g/mol. The normalized spacial score (nSPS) is 10.2. The van der Waals surface area contributed by atoms with Gasteiger partial charge in [0.2, 0.25) is 0 Å². The van der Waals surface area contributed by atoms with Crippen LogP contribution in [0.25, 0.3) is 0 Å². The van der Waals surface area contributed by atoms with Crippen LogP contribution in [0.1, 0.15) is 10.4 Å². The van der Waals surface area contributed by atoms with Gasteiger partial charge in [-0.15, -0.1) is 0 Å². The average molecular weight is 319 g/mol. The highest BCUT2D eigenvalue weighted by Gasteiger charge is 2.06. The van der Waals surface area contributed by atoms with Crippen LogP contribution in [0, 0.1) is 0 Å². The van der Waals surface area contributed by atoms with Gasteiger partial charge in [0, 0.05) is 40.6 Å². The second kappa shape index (κ2) is 6.70. The summed E-state index contributed by atoms with van der Waals surface area (Å²) >= 11 is 0. The predicted octanol–water partition coefficient (Wildman–Crippen LogP) is 3.24. The van der Waals surface area contributed by atoms with Crippen LogP contribution < -0.4 is 22.1 Å². The molecule has 0 aliphatic carbocycles. The van der Waals surface area contributed by atoms with E-state index in [1.54, 1.807) is 36.5 Å². The van der Waals surface area contributed by atoms with Gasteiger partial charge in [0.1, 0.15) is 5.82 Å². The quantitative estimate of drug-likeness (QED) is 0.552. The summed E-state index contributed by atoms with van der Waals surface area (Å²) < 4.78 is 0. The second-order valence-electron chi connectivity index (χ2n) is 5.25. The summed E-state index contributed by atoms with van der Waals surface area (Å²) in [7, 11) is 0. The number of carbonyl (C=O) groups is 1. The molecule has 1 heterocycles. The predicted molar refractivity (Wildman–Crippen MR) is 97.2 cm³/mol. The van der Waals surface area contributed by atoms with Crippen LogP contribution in [0.15, 0.2) is 66.9 Å². The first kappa shape index (κ1) is 15.4. The number of rotatable bonds is 4. The first-order valence-corrected chi connectivity index (χ1v) is 7.36. The van der Waals surface area contributed by atoms with Gasteiger partial charge in [-0.1, -0.05) is 6.07 Å². The molecule has 0 spiro atoms. The van der Waals surface area contributed by atoms with Crippen LogP contribution in [-0.4, -0.2) is 10.9 Å². The zero-order valence-electron chi connectivity index (χ0n) is 12.9. The first-order chi connectivity index (χ1) is 11.6. The minimum Gasteiger partial charge on any atom is -0.399 e. The van der Waals surface area contributed by atoms with E-state index in [1.165, 1.54) is 0 Å². The number of aromatic nitrogens is 1. The molecule has 0 aliphatic heterocycles. The van der Waals surface area contributed by atoms with E-state index in [1.807, 2.05) is 30.3 Å². The van der Waals surface area contributed by atoms with Crippen molar-refractivity contribution in [3.63, 3.8) is 0 Å². The third-order valence-corrected chi connectivity index (χ3v) is 3.36. The van der Waals surface area contributed by atoms with Gasteiger partial charge >= 0.3 is 0 Å². The van der Waals surface area contributed by atoms with Crippen molar-refractivity contribution in [2.24, 2.45) is 0 Å². The number of hydrogen-bond donors (Lipinski definition) is 4. The highest BCUT2D eigenvalue weighted by atomic mass is 16.1. The number of anilines is 5. The van der Waals surface area contributed by atoms with Crippen molar-refractivity contribution >= 4 is 34.5 Å². The maximum Gasteiger partial charge on any atom is 0.255 e. The molecular formula is C18H17N5O. The molecule has 6 nitrogen and oxygen atoms in total. The minimum atomic E-state index is -0.194. The summed E-state index contributed by atoms with van der Waals surface area (Å²) in [4.78, 5) is 16.2. The summed E-state index contributed by atoms with van der Waals surface area (Å²) in [5.74, 6) is 0.244. The molecule has 0 saturated heterocycles. The lowest BCUT2D eigenvalue weighted by Gasteiger charge is -2.10. The van der Waals surface area contributed by atoms with Crippen molar-refractivity contribution in [2.45, 2.75) is 0 Å². The Hall–Kier alpha value is -3.54. The fraction of sp³-hybridized carbons (Fsp3) is 0. The van der Waals surface area contributed by atoms with E-state index in [0.717, 1.165) is 11.4 Å². The number of nitrogens with one attached hydrogen (secondary N) is 2. The van der Waals surface area contributed by atoms with Gasteiger partial charge in [-0.05, 0) is 48.5 Å². The number of benzene rings is 2. The van der Waals surface area contributed by atoms with Gasteiger partial charge < -0.3 is 22.1 Å². The molecule has 3 rings (SSSR count). The Bertz CT molecular complexity index is 861. The number of nitrogens with zero attached hydrogens (tertiary/aromatic N) is 1. The molecule has 0 bridgehead atoms. The number of carbonyl (C=O) groups excluding carboxylic acids is 1. The van der Waals surface area contributed by atoms with Gasteiger partial charge in [0.25, 0.3) is 5.91 Å². The van der Waals surface area contributed by atoms with Crippen LogP contribution in [0.4, 0.5) is 28.6 Å². The number of nitrogen functional groups attached to an aromatic ring is 2. The summed E-state index contributed by atoms with van der Waals surface area (Å²) in [6.07, 6.45) is 1.63. The molecule has 0 atom stereocenters. The van der Waals surface area contributed by atoms with Gasteiger partial charge in [-0.3, -0.25) is 4.79 Å². The molecule has 120 valence electrons. The van der Waals surface area contributed by atoms with Gasteiger partial charge in [0.15, 0.2) is 0 Å². The molecule has 1 aromatic heterocycles. The maximum absolute atomic E-state index is 12.2. The third-order valence-electron chi connectivity index (χ3n) is 3.36. The van der Waals surface area contributed by atoms with E-state index >= 15 is 0 Å². The zero-order valence-corrected chi connectivity index (χ0v) is 12.9. The second-order valence-corrected chi connectivity index (χ2v) is 5.25. The van der Waals surface area contributed by atoms with E-state index in [2.05, 4.69) is 15.6 Å². The summed E-state index contributed by atoms with van der Waals surface area (Å²) in [5, 5.41) is 6.08.